The van der Waals surface area contributed by atoms with Crippen LogP contribution in [0.1, 0.15) is 47.3 Å². The van der Waals surface area contributed by atoms with Crippen molar-refractivity contribution in [1.82, 2.24) is 9.80 Å². The number of carbonyl (C=O) groups is 2. The van der Waals surface area contributed by atoms with E-state index in [1.54, 1.807) is 0 Å². The molecule has 0 aliphatic carbocycles. The number of para-hydroxylation sites is 1. The first-order valence-corrected chi connectivity index (χ1v) is 13.4. The van der Waals surface area contributed by atoms with E-state index in [0.29, 0.717) is 23.0 Å². The van der Waals surface area contributed by atoms with Gasteiger partial charge in [0.05, 0.1) is 19.4 Å². The third-order valence-corrected chi connectivity index (χ3v) is 8.47. The van der Waals surface area contributed by atoms with E-state index in [4.69, 9.17) is 21.7 Å². The van der Waals surface area contributed by atoms with Crippen molar-refractivity contribution < 1.29 is 19.1 Å². The van der Waals surface area contributed by atoms with Crippen molar-refractivity contribution in [3.63, 3.8) is 0 Å². The smallest absolute Gasteiger partial charge is 0.350 e. The number of methoxy groups -OCH3 is 1. The lowest BCUT2D eigenvalue weighted by molar-refractivity contribution is -0.133. The van der Waals surface area contributed by atoms with E-state index < -0.39 is 0 Å². The number of aryl methyl sites for hydroxylation is 1. The van der Waals surface area contributed by atoms with Crippen molar-refractivity contribution in [1.29, 1.82) is 0 Å². The Bertz CT molecular complexity index is 1050. The highest BCUT2D eigenvalue weighted by molar-refractivity contribution is 7.80. The molecule has 1 aromatic heterocycles. The molecule has 188 valence electrons. The zero-order chi connectivity index (χ0) is 24.8. The molecule has 1 spiro atoms. The van der Waals surface area contributed by atoms with Crippen molar-refractivity contribution in [3.8, 4) is 5.75 Å². The van der Waals surface area contributed by atoms with E-state index in [-0.39, 0.29) is 17.3 Å². The number of nitrogens with zero attached hydrogens (tertiary/aromatic N) is 2. The first-order chi connectivity index (χ1) is 16.9. The Hall–Kier alpha value is -2.65. The highest BCUT2D eigenvalue weighted by Gasteiger charge is 2.42. The van der Waals surface area contributed by atoms with E-state index in [2.05, 4.69) is 10.2 Å². The Labute approximate surface area is 216 Å². The standard InChI is InChI=1S/C26H33N3O4S2/c1-19-17-35-23(24(31)32-2)22(19)27-25(34)29-15-12-26(18-29)10-13-28(14-11-26)21(30)9-6-16-33-20-7-4-3-5-8-20/h3-5,7-8,17H,6,9-16,18H2,1-2H3,(H,27,34). The molecule has 35 heavy (non-hydrogen) atoms. The number of hydrogen-bond donors (Lipinski definition) is 1. The quantitative estimate of drug-likeness (QED) is 0.325. The highest BCUT2D eigenvalue weighted by atomic mass is 32.1. The van der Waals surface area contributed by atoms with Crippen molar-refractivity contribution in [2.75, 3.05) is 45.2 Å². The van der Waals surface area contributed by atoms with Gasteiger partial charge >= 0.3 is 5.97 Å². The minimum atomic E-state index is -0.352. The van der Waals surface area contributed by atoms with Crippen molar-refractivity contribution in [2.45, 2.75) is 39.0 Å². The van der Waals surface area contributed by atoms with Crippen LogP contribution in [0.15, 0.2) is 35.7 Å². The van der Waals surface area contributed by atoms with Crippen LogP contribution >= 0.6 is 23.6 Å². The topological polar surface area (TPSA) is 71.1 Å². The molecule has 0 bridgehead atoms. The predicted octanol–water partition coefficient (Wildman–Crippen LogP) is 4.71. The van der Waals surface area contributed by atoms with Gasteiger partial charge in [0.25, 0.3) is 0 Å². The maximum atomic E-state index is 12.7. The number of nitrogens with one attached hydrogen (secondary N) is 1. The fourth-order valence-electron chi connectivity index (χ4n) is 4.86. The molecule has 9 heteroatoms. The number of likely N-dealkylation sites (tertiary alicyclic amines) is 2. The number of rotatable bonds is 7. The van der Waals surface area contributed by atoms with Crippen LogP contribution in [-0.2, 0) is 9.53 Å². The van der Waals surface area contributed by atoms with Gasteiger partial charge in [-0.15, -0.1) is 11.3 Å². The summed E-state index contributed by atoms with van der Waals surface area (Å²) >= 11 is 7.07. The third-order valence-electron chi connectivity index (χ3n) is 7.03. The second-order valence-electron chi connectivity index (χ2n) is 9.36. The molecule has 2 fully saturated rings. The molecule has 1 N–H and O–H groups in total. The van der Waals surface area contributed by atoms with Gasteiger partial charge in [-0.25, -0.2) is 4.79 Å². The monoisotopic (exact) mass is 515 g/mol. The highest BCUT2D eigenvalue weighted by Crippen LogP contribution is 2.41. The van der Waals surface area contributed by atoms with Crippen LogP contribution in [0.2, 0.25) is 0 Å². The van der Waals surface area contributed by atoms with E-state index in [1.165, 1.54) is 18.4 Å². The zero-order valence-electron chi connectivity index (χ0n) is 20.4. The Balaban J connectivity index is 1.22. The molecule has 3 heterocycles. The number of amides is 1. The maximum absolute atomic E-state index is 12.7. The number of anilines is 1. The van der Waals surface area contributed by atoms with Crippen LogP contribution in [0, 0.1) is 12.3 Å². The SMILES string of the molecule is COC(=O)c1scc(C)c1NC(=S)N1CCC2(CCN(C(=O)CCCOc3ccccc3)CC2)C1. The van der Waals surface area contributed by atoms with Crippen LogP contribution in [0.4, 0.5) is 5.69 Å². The number of piperidine rings is 1. The van der Waals surface area contributed by atoms with Gasteiger partial charge in [0.1, 0.15) is 10.6 Å². The van der Waals surface area contributed by atoms with Gasteiger partial charge in [0, 0.05) is 32.6 Å². The second-order valence-corrected chi connectivity index (χ2v) is 10.6. The average Bonchev–Trinajstić information content (AvgIpc) is 3.46. The minimum absolute atomic E-state index is 0.188. The lowest BCUT2D eigenvalue weighted by Gasteiger charge is -2.39. The Morgan fingerprint density at radius 1 is 1.11 bits per heavy atom. The molecule has 4 rings (SSSR count). The Kier molecular flexibility index (Phi) is 8.28. The molecular weight excluding hydrogens is 482 g/mol. The number of hydrogen-bond acceptors (Lipinski definition) is 6. The van der Waals surface area contributed by atoms with Crippen LogP contribution in [0.3, 0.4) is 0 Å². The van der Waals surface area contributed by atoms with Crippen molar-refractivity contribution in [2.24, 2.45) is 5.41 Å². The number of ether oxygens (including phenoxy) is 2. The third kappa shape index (κ3) is 6.13. The van der Waals surface area contributed by atoms with Gasteiger partial charge in [-0.2, -0.15) is 0 Å². The molecule has 1 amide bonds. The van der Waals surface area contributed by atoms with Crippen LogP contribution in [-0.4, -0.2) is 66.7 Å². The summed E-state index contributed by atoms with van der Waals surface area (Å²) in [6, 6.07) is 9.70. The number of benzene rings is 1. The molecule has 0 radical (unpaired) electrons. The first kappa shape index (κ1) is 25.4. The van der Waals surface area contributed by atoms with E-state index >= 15 is 0 Å². The summed E-state index contributed by atoms with van der Waals surface area (Å²) in [5.41, 5.74) is 1.91. The lowest BCUT2D eigenvalue weighted by atomic mass is 9.77. The van der Waals surface area contributed by atoms with E-state index in [1.807, 2.05) is 47.5 Å². The summed E-state index contributed by atoms with van der Waals surface area (Å²) in [7, 11) is 1.39. The van der Waals surface area contributed by atoms with Gasteiger partial charge in [-0.1, -0.05) is 18.2 Å². The number of thiocarbonyl (C=S) groups is 1. The van der Waals surface area contributed by atoms with Crippen LogP contribution in [0.5, 0.6) is 5.75 Å². The average molecular weight is 516 g/mol. The van der Waals surface area contributed by atoms with Gasteiger partial charge in [0.15, 0.2) is 5.11 Å². The molecule has 7 nitrogen and oxygen atoms in total. The largest absolute Gasteiger partial charge is 0.494 e. The van der Waals surface area contributed by atoms with E-state index in [9.17, 15) is 9.59 Å². The lowest BCUT2D eigenvalue weighted by Crippen LogP contribution is -2.45. The fraction of sp³-hybridized carbons (Fsp3) is 0.500. The number of esters is 1. The first-order valence-electron chi connectivity index (χ1n) is 12.1. The Morgan fingerprint density at radius 2 is 1.80 bits per heavy atom. The fourth-order valence-corrected chi connectivity index (χ4v) is 6.04. The summed E-state index contributed by atoms with van der Waals surface area (Å²) in [6.45, 7) is 5.86. The molecule has 2 aromatic rings. The zero-order valence-corrected chi connectivity index (χ0v) is 22.0. The Morgan fingerprint density at radius 3 is 2.49 bits per heavy atom. The predicted molar refractivity (Wildman–Crippen MR) is 142 cm³/mol. The van der Waals surface area contributed by atoms with Gasteiger partial charge < -0.3 is 24.6 Å². The number of thiophene rings is 1. The van der Waals surface area contributed by atoms with Crippen molar-refractivity contribution in [3.05, 3.63) is 46.2 Å². The molecule has 1 aromatic carbocycles. The van der Waals surface area contributed by atoms with Gasteiger partial charge in [-0.05, 0) is 73.3 Å². The normalized spacial score (nSPS) is 16.9. The van der Waals surface area contributed by atoms with Gasteiger partial charge in [-0.3, -0.25) is 4.79 Å². The van der Waals surface area contributed by atoms with Crippen LogP contribution in [0.25, 0.3) is 0 Å². The van der Waals surface area contributed by atoms with Crippen LogP contribution < -0.4 is 10.1 Å². The molecule has 0 unspecified atom stereocenters. The maximum Gasteiger partial charge on any atom is 0.350 e. The molecular formula is C26H33N3O4S2. The van der Waals surface area contributed by atoms with Gasteiger partial charge in [0.2, 0.25) is 5.91 Å². The molecule has 0 saturated carbocycles. The van der Waals surface area contributed by atoms with E-state index in [0.717, 1.165) is 68.9 Å². The summed E-state index contributed by atoms with van der Waals surface area (Å²) < 4.78 is 10.6. The second kappa shape index (κ2) is 11.4. The summed E-state index contributed by atoms with van der Waals surface area (Å²) in [5, 5.41) is 5.87. The summed E-state index contributed by atoms with van der Waals surface area (Å²) in [5.74, 6) is 0.704. The summed E-state index contributed by atoms with van der Waals surface area (Å²) in [4.78, 5) is 29.5. The molecule has 2 aliphatic heterocycles. The summed E-state index contributed by atoms with van der Waals surface area (Å²) in [6.07, 6.45) is 4.28. The number of carbonyl (C=O) groups excluding carboxylic acids is 2. The molecule has 0 atom stereocenters. The van der Waals surface area contributed by atoms with Crippen molar-refractivity contribution >= 4 is 46.2 Å². The molecule has 2 aliphatic rings. The molecule has 2 saturated heterocycles. The minimum Gasteiger partial charge on any atom is -0.494 e.